The molecule has 0 aromatic heterocycles. The highest BCUT2D eigenvalue weighted by atomic mass is 127. The van der Waals surface area contributed by atoms with E-state index in [9.17, 15) is 0 Å². The zero-order valence-corrected chi connectivity index (χ0v) is 9.80. The van der Waals surface area contributed by atoms with E-state index >= 15 is 0 Å². The van der Waals surface area contributed by atoms with E-state index in [0.717, 1.165) is 26.3 Å². The Balaban J connectivity index is 2.58. The summed E-state index contributed by atoms with van der Waals surface area (Å²) in [6, 6.07) is 3.90. The van der Waals surface area contributed by atoms with Crippen molar-refractivity contribution in [2.24, 2.45) is 5.73 Å². The third-order valence-electron chi connectivity index (χ3n) is 2.15. The van der Waals surface area contributed by atoms with Crippen LogP contribution in [0.25, 0.3) is 0 Å². The fraction of sp³-hybridized carbons (Fsp3) is 0.333. The Labute approximate surface area is 95.5 Å². The summed E-state index contributed by atoms with van der Waals surface area (Å²) in [5.74, 6) is 0.837. The molecule has 0 bridgehead atoms. The lowest BCUT2D eigenvalue weighted by atomic mass is 10.0. The average molecular weight is 310 g/mol. The van der Waals surface area contributed by atoms with Gasteiger partial charge >= 0.3 is 0 Å². The van der Waals surface area contributed by atoms with Crippen molar-refractivity contribution in [3.63, 3.8) is 0 Å². The lowest BCUT2D eigenvalue weighted by molar-refractivity contribution is 0.269. The quantitative estimate of drug-likeness (QED) is 0.748. The Kier molecular flexibility index (Phi) is 2.67. The van der Waals surface area contributed by atoms with Crippen LogP contribution in [-0.2, 0) is 0 Å². The predicted octanol–water partition coefficient (Wildman–Crippen LogP) is 2.73. The first kappa shape index (κ1) is 9.55. The maximum absolute atomic E-state index is 6.14. The molecule has 1 heterocycles. The molecule has 0 amide bonds. The van der Waals surface area contributed by atoms with Crippen molar-refractivity contribution in [2.75, 3.05) is 6.61 Å². The lowest BCUT2D eigenvalue weighted by Gasteiger charge is -2.24. The van der Waals surface area contributed by atoms with E-state index in [0.29, 0.717) is 6.61 Å². The number of hydrogen-bond donors (Lipinski definition) is 1. The summed E-state index contributed by atoms with van der Waals surface area (Å²) >= 11 is 8.34. The van der Waals surface area contributed by atoms with Crippen LogP contribution in [0.2, 0.25) is 5.02 Å². The summed E-state index contributed by atoms with van der Waals surface area (Å²) in [6.07, 6.45) is 0.840. The van der Waals surface area contributed by atoms with Crippen LogP contribution in [0.1, 0.15) is 18.0 Å². The van der Waals surface area contributed by atoms with Crippen molar-refractivity contribution < 1.29 is 4.74 Å². The number of nitrogens with two attached hydrogens (primary N) is 1. The van der Waals surface area contributed by atoms with Crippen molar-refractivity contribution in [3.05, 3.63) is 26.3 Å². The van der Waals surface area contributed by atoms with Crippen LogP contribution in [-0.4, -0.2) is 6.61 Å². The third-order valence-corrected chi connectivity index (χ3v) is 3.77. The fourth-order valence-electron chi connectivity index (χ4n) is 1.46. The van der Waals surface area contributed by atoms with Crippen molar-refractivity contribution >= 4 is 34.2 Å². The molecule has 70 valence electrons. The Morgan fingerprint density at radius 3 is 3.08 bits per heavy atom. The largest absolute Gasteiger partial charge is 0.493 e. The molecule has 0 aliphatic carbocycles. The molecule has 1 aromatic carbocycles. The van der Waals surface area contributed by atoms with Gasteiger partial charge in [0.1, 0.15) is 5.75 Å². The molecule has 0 saturated heterocycles. The highest BCUT2D eigenvalue weighted by Gasteiger charge is 2.22. The minimum absolute atomic E-state index is 0.0194. The van der Waals surface area contributed by atoms with Crippen LogP contribution in [0.15, 0.2) is 12.1 Å². The van der Waals surface area contributed by atoms with Crippen molar-refractivity contribution in [2.45, 2.75) is 12.5 Å². The van der Waals surface area contributed by atoms with Gasteiger partial charge in [-0.25, -0.2) is 0 Å². The van der Waals surface area contributed by atoms with E-state index in [1.165, 1.54) is 0 Å². The molecule has 0 fully saturated rings. The highest BCUT2D eigenvalue weighted by molar-refractivity contribution is 14.1. The predicted molar refractivity (Wildman–Crippen MR) is 61.2 cm³/mol. The molecule has 1 aliphatic heterocycles. The molecule has 0 radical (unpaired) electrons. The zero-order chi connectivity index (χ0) is 9.42. The van der Waals surface area contributed by atoms with Crippen LogP contribution in [0, 0.1) is 3.57 Å². The van der Waals surface area contributed by atoms with Gasteiger partial charge in [0.15, 0.2) is 0 Å². The average Bonchev–Trinajstić information content (AvgIpc) is 2.12. The normalized spacial score (nSPS) is 20.7. The first-order chi connectivity index (χ1) is 6.20. The van der Waals surface area contributed by atoms with Gasteiger partial charge in [-0.1, -0.05) is 11.6 Å². The Morgan fingerprint density at radius 2 is 2.31 bits per heavy atom. The first-order valence-corrected chi connectivity index (χ1v) is 5.52. The number of hydrogen-bond acceptors (Lipinski definition) is 2. The van der Waals surface area contributed by atoms with Crippen molar-refractivity contribution in [3.8, 4) is 5.75 Å². The van der Waals surface area contributed by atoms with Crippen LogP contribution < -0.4 is 10.5 Å². The topological polar surface area (TPSA) is 35.2 Å². The van der Waals surface area contributed by atoms with E-state index in [1.54, 1.807) is 0 Å². The Hall–Kier alpha value is -0.0000000000000000555. The van der Waals surface area contributed by atoms with E-state index in [2.05, 4.69) is 22.6 Å². The lowest BCUT2D eigenvalue weighted by Crippen LogP contribution is -2.21. The molecule has 4 heteroatoms. The van der Waals surface area contributed by atoms with Crippen LogP contribution in [0.4, 0.5) is 0 Å². The van der Waals surface area contributed by atoms with Gasteiger partial charge in [0.2, 0.25) is 0 Å². The van der Waals surface area contributed by atoms with Gasteiger partial charge in [-0.15, -0.1) is 0 Å². The fourth-order valence-corrected chi connectivity index (χ4v) is 2.23. The number of halogens is 2. The van der Waals surface area contributed by atoms with Gasteiger partial charge in [0.25, 0.3) is 0 Å². The van der Waals surface area contributed by atoms with Crippen LogP contribution >= 0.6 is 34.2 Å². The molecule has 0 unspecified atom stereocenters. The minimum atomic E-state index is 0.0194. The molecule has 1 atom stereocenters. The molecule has 0 spiro atoms. The molecule has 2 N–H and O–H groups in total. The summed E-state index contributed by atoms with van der Waals surface area (Å²) in [6.45, 7) is 0.686. The van der Waals surface area contributed by atoms with E-state index in [4.69, 9.17) is 22.1 Å². The standard InChI is InChI=1S/C9H9ClINO/c10-9-5(11)1-2-7-8(9)6(12)3-4-13-7/h1-2,6H,3-4,12H2/t6-/m1/s1. The smallest absolute Gasteiger partial charge is 0.125 e. The molecule has 2 nitrogen and oxygen atoms in total. The first-order valence-electron chi connectivity index (χ1n) is 4.06. The van der Waals surface area contributed by atoms with E-state index in [1.807, 2.05) is 12.1 Å². The summed E-state index contributed by atoms with van der Waals surface area (Å²) in [4.78, 5) is 0. The minimum Gasteiger partial charge on any atom is -0.493 e. The summed E-state index contributed by atoms with van der Waals surface area (Å²) in [7, 11) is 0. The molecule has 13 heavy (non-hydrogen) atoms. The van der Waals surface area contributed by atoms with Crippen LogP contribution in [0.3, 0.4) is 0 Å². The van der Waals surface area contributed by atoms with Gasteiger partial charge in [0, 0.05) is 21.6 Å². The number of ether oxygens (including phenoxy) is 1. The maximum Gasteiger partial charge on any atom is 0.125 e. The molecular weight excluding hydrogens is 300 g/mol. The summed E-state index contributed by atoms with van der Waals surface area (Å²) in [5, 5.41) is 0.741. The summed E-state index contributed by atoms with van der Waals surface area (Å²) in [5.41, 5.74) is 6.91. The van der Waals surface area contributed by atoms with Crippen molar-refractivity contribution in [1.29, 1.82) is 0 Å². The summed E-state index contributed by atoms with van der Waals surface area (Å²) < 4.78 is 6.49. The van der Waals surface area contributed by atoms with Crippen molar-refractivity contribution in [1.82, 2.24) is 0 Å². The molecule has 2 rings (SSSR count). The maximum atomic E-state index is 6.14. The second-order valence-electron chi connectivity index (χ2n) is 3.02. The molecule has 1 aromatic rings. The molecular formula is C9H9ClINO. The Morgan fingerprint density at radius 1 is 1.54 bits per heavy atom. The monoisotopic (exact) mass is 309 g/mol. The molecule has 1 aliphatic rings. The highest BCUT2D eigenvalue weighted by Crippen LogP contribution is 2.38. The van der Waals surface area contributed by atoms with E-state index in [-0.39, 0.29) is 6.04 Å². The van der Waals surface area contributed by atoms with Gasteiger partial charge in [-0.3, -0.25) is 0 Å². The Bertz CT molecular complexity index is 343. The SMILES string of the molecule is N[C@@H]1CCOc2ccc(I)c(Cl)c21. The second kappa shape index (κ2) is 3.63. The second-order valence-corrected chi connectivity index (χ2v) is 4.56. The number of rotatable bonds is 0. The van der Waals surface area contributed by atoms with Crippen LogP contribution in [0.5, 0.6) is 5.75 Å². The zero-order valence-electron chi connectivity index (χ0n) is 6.89. The number of benzene rings is 1. The third kappa shape index (κ3) is 1.65. The van der Waals surface area contributed by atoms with E-state index < -0.39 is 0 Å². The molecule has 0 saturated carbocycles. The van der Waals surface area contributed by atoms with Gasteiger partial charge < -0.3 is 10.5 Å². The van der Waals surface area contributed by atoms with Gasteiger partial charge in [0.05, 0.1) is 11.6 Å². The van der Waals surface area contributed by atoms with Gasteiger partial charge in [-0.2, -0.15) is 0 Å². The number of fused-ring (bicyclic) bond motifs is 1. The van der Waals surface area contributed by atoms with Gasteiger partial charge in [-0.05, 0) is 34.7 Å².